The van der Waals surface area contributed by atoms with Crippen LogP contribution in [0.2, 0.25) is 0 Å². The number of fused-ring (bicyclic) bond motifs is 2. The molecule has 1 aromatic carbocycles. The van der Waals surface area contributed by atoms with Gasteiger partial charge in [-0.3, -0.25) is 18.8 Å². The van der Waals surface area contributed by atoms with Crippen molar-refractivity contribution in [2.24, 2.45) is 7.05 Å². The van der Waals surface area contributed by atoms with E-state index in [2.05, 4.69) is 30.0 Å². The van der Waals surface area contributed by atoms with E-state index in [1.54, 1.807) is 13.1 Å². The molecule has 3 aromatic rings. The van der Waals surface area contributed by atoms with E-state index in [0.717, 1.165) is 11.4 Å². The maximum Gasteiger partial charge on any atom is 0.264 e. The van der Waals surface area contributed by atoms with Crippen LogP contribution in [-0.2, 0) is 23.8 Å². The molecule has 0 saturated carbocycles. The molecule has 7 heteroatoms. The van der Waals surface area contributed by atoms with E-state index in [1.165, 1.54) is 27.3 Å². The summed E-state index contributed by atoms with van der Waals surface area (Å²) in [6.07, 6.45) is 4.52. The first kappa shape index (κ1) is 17.2. The van der Waals surface area contributed by atoms with Gasteiger partial charge in [0.05, 0.1) is 12.7 Å². The van der Waals surface area contributed by atoms with Gasteiger partial charge in [0.2, 0.25) is 0 Å². The summed E-state index contributed by atoms with van der Waals surface area (Å²) in [5, 5.41) is 4.46. The Labute approximate surface area is 156 Å². The third kappa shape index (κ3) is 2.58. The standard InChI is InChI=1S/C20H21N5O2/c1-20(2)15-7-5-6-8-16(15)23(3)17(20)9-13(26)11-25-12-21-18-14(19(25)27)10-22-24(18)4/h5-10,12H,11H2,1-4H3/b17-9-. The third-order valence-electron chi connectivity index (χ3n) is 5.28. The summed E-state index contributed by atoms with van der Waals surface area (Å²) < 4.78 is 2.87. The number of hydrogen-bond donors (Lipinski definition) is 0. The molecule has 0 aliphatic carbocycles. The summed E-state index contributed by atoms with van der Waals surface area (Å²) in [5.41, 5.74) is 3.16. The lowest BCUT2D eigenvalue weighted by atomic mass is 9.83. The van der Waals surface area contributed by atoms with Crippen molar-refractivity contribution in [3.05, 3.63) is 64.5 Å². The van der Waals surface area contributed by atoms with Crippen molar-refractivity contribution in [2.75, 3.05) is 11.9 Å². The Bertz CT molecular complexity index is 1150. The summed E-state index contributed by atoms with van der Waals surface area (Å²) in [6, 6.07) is 8.13. The Morgan fingerprint density at radius 2 is 1.96 bits per heavy atom. The number of anilines is 1. The molecule has 0 spiro atoms. The van der Waals surface area contributed by atoms with Gasteiger partial charge < -0.3 is 4.90 Å². The van der Waals surface area contributed by atoms with E-state index >= 15 is 0 Å². The van der Waals surface area contributed by atoms with Crippen LogP contribution in [0.4, 0.5) is 5.69 Å². The van der Waals surface area contributed by atoms with Gasteiger partial charge in [-0.15, -0.1) is 0 Å². The molecular weight excluding hydrogens is 342 g/mol. The van der Waals surface area contributed by atoms with Crippen molar-refractivity contribution in [2.45, 2.75) is 25.8 Å². The van der Waals surface area contributed by atoms with Gasteiger partial charge in [0.15, 0.2) is 11.4 Å². The molecule has 0 unspecified atom stereocenters. The number of hydrogen-bond acceptors (Lipinski definition) is 5. The number of carbonyl (C=O) groups excluding carboxylic acids is 1. The first-order chi connectivity index (χ1) is 12.8. The van der Waals surface area contributed by atoms with Gasteiger partial charge in [0.1, 0.15) is 11.7 Å². The minimum absolute atomic E-state index is 0.0551. The molecule has 4 rings (SSSR count). The van der Waals surface area contributed by atoms with Gasteiger partial charge in [-0.1, -0.05) is 32.0 Å². The average Bonchev–Trinajstić information content (AvgIpc) is 3.10. The average molecular weight is 363 g/mol. The number of likely N-dealkylation sites (N-methyl/N-ethyl adjacent to an activating group) is 1. The minimum Gasteiger partial charge on any atom is -0.347 e. The van der Waals surface area contributed by atoms with E-state index in [-0.39, 0.29) is 23.3 Å². The molecule has 0 saturated heterocycles. The molecule has 0 N–H and O–H groups in total. The first-order valence-electron chi connectivity index (χ1n) is 8.76. The van der Waals surface area contributed by atoms with Crippen LogP contribution < -0.4 is 10.5 Å². The number of nitrogens with zero attached hydrogens (tertiary/aromatic N) is 5. The highest BCUT2D eigenvalue weighted by Crippen LogP contribution is 2.46. The molecule has 27 heavy (non-hydrogen) atoms. The van der Waals surface area contributed by atoms with Crippen LogP contribution in [0.3, 0.4) is 0 Å². The Hall–Kier alpha value is -3.22. The fourth-order valence-electron chi connectivity index (χ4n) is 3.80. The topological polar surface area (TPSA) is 73.0 Å². The highest BCUT2D eigenvalue weighted by Gasteiger charge is 2.38. The molecule has 0 atom stereocenters. The molecule has 0 radical (unpaired) electrons. The second kappa shape index (κ2) is 5.90. The van der Waals surface area contributed by atoms with Crippen molar-refractivity contribution in [1.82, 2.24) is 19.3 Å². The normalized spacial score (nSPS) is 16.9. The highest BCUT2D eigenvalue weighted by molar-refractivity contribution is 5.92. The molecule has 0 fully saturated rings. The van der Waals surface area contributed by atoms with E-state index in [0.29, 0.717) is 11.0 Å². The lowest BCUT2D eigenvalue weighted by molar-refractivity contribution is -0.115. The van der Waals surface area contributed by atoms with Gasteiger partial charge in [0, 0.05) is 37.0 Å². The Balaban J connectivity index is 1.67. The Morgan fingerprint density at radius 1 is 1.22 bits per heavy atom. The van der Waals surface area contributed by atoms with Crippen LogP contribution in [0.25, 0.3) is 11.0 Å². The highest BCUT2D eigenvalue weighted by atomic mass is 16.1. The van der Waals surface area contributed by atoms with Crippen LogP contribution in [0.15, 0.2) is 53.4 Å². The lowest BCUT2D eigenvalue weighted by Gasteiger charge is -2.24. The number of para-hydroxylation sites is 1. The second-order valence-electron chi connectivity index (χ2n) is 7.38. The van der Waals surface area contributed by atoms with Gasteiger partial charge in [0.25, 0.3) is 5.56 Å². The molecule has 1 aliphatic heterocycles. The van der Waals surface area contributed by atoms with E-state index in [9.17, 15) is 9.59 Å². The summed E-state index contributed by atoms with van der Waals surface area (Å²) in [5.74, 6) is -0.148. The SMILES string of the molecule is CN1/C(=C\C(=O)Cn2cnc3c(cnn3C)c2=O)C(C)(C)c2ccccc21. The summed E-state index contributed by atoms with van der Waals surface area (Å²) in [4.78, 5) is 31.6. The second-order valence-corrected chi connectivity index (χ2v) is 7.38. The zero-order valence-electron chi connectivity index (χ0n) is 15.8. The van der Waals surface area contributed by atoms with Crippen molar-refractivity contribution in [3.8, 4) is 0 Å². The number of ketones is 1. The Morgan fingerprint density at radius 3 is 2.70 bits per heavy atom. The minimum atomic E-state index is -0.280. The number of carbonyl (C=O) groups is 1. The Kier molecular flexibility index (Phi) is 3.76. The number of allylic oxidation sites excluding steroid dienone is 2. The maximum atomic E-state index is 12.7. The number of rotatable bonds is 3. The van der Waals surface area contributed by atoms with Crippen LogP contribution in [-0.4, -0.2) is 32.2 Å². The summed E-state index contributed by atoms with van der Waals surface area (Å²) in [6.45, 7) is 4.15. The van der Waals surface area contributed by atoms with E-state index in [1.807, 2.05) is 30.1 Å². The number of aromatic nitrogens is 4. The van der Waals surface area contributed by atoms with E-state index in [4.69, 9.17) is 0 Å². The van der Waals surface area contributed by atoms with Crippen molar-refractivity contribution < 1.29 is 4.79 Å². The maximum absolute atomic E-state index is 12.7. The number of aryl methyl sites for hydroxylation is 1. The van der Waals surface area contributed by atoms with Gasteiger partial charge >= 0.3 is 0 Å². The van der Waals surface area contributed by atoms with Gasteiger partial charge in [-0.25, -0.2) is 4.98 Å². The van der Waals surface area contributed by atoms with E-state index < -0.39 is 0 Å². The van der Waals surface area contributed by atoms with Crippen molar-refractivity contribution in [1.29, 1.82) is 0 Å². The smallest absolute Gasteiger partial charge is 0.264 e. The molecule has 7 nitrogen and oxygen atoms in total. The fraction of sp³-hybridized carbons (Fsp3) is 0.300. The molecule has 138 valence electrons. The largest absolute Gasteiger partial charge is 0.347 e. The zero-order valence-corrected chi connectivity index (χ0v) is 15.8. The number of benzene rings is 1. The van der Waals surface area contributed by atoms with Crippen LogP contribution in [0, 0.1) is 0 Å². The molecule has 3 heterocycles. The predicted octanol–water partition coefficient (Wildman–Crippen LogP) is 2.01. The molecule has 1 aliphatic rings. The lowest BCUT2D eigenvalue weighted by Crippen LogP contribution is -2.27. The monoisotopic (exact) mass is 363 g/mol. The zero-order chi connectivity index (χ0) is 19.3. The molecule has 2 aromatic heterocycles. The quantitative estimate of drug-likeness (QED) is 0.666. The molecule has 0 bridgehead atoms. The van der Waals surface area contributed by atoms with Crippen LogP contribution in [0.5, 0.6) is 0 Å². The third-order valence-corrected chi connectivity index (χ3v) is 5.28. The van der Waals surface area contributed by atoms with Crippen LogP contribution in [0.1, 0.15) is 19.4 Å². The first-order valence-corrected chi connectivity index (χ1v) is 8.76. The summed E-state index contributed by atoms with van der Waals surface area (Å²) >= 11 is 0. The van der Waals surface area contributed by atoms with Crippen molar-refractivity contribution in [3.63, 3.8) is 0 Å². The fourth-order valence-corrected chi connectivity index (χ4v) is 3.80. The molecule has 0 amide bonds. The predicted molar refractivity (Wildman–Crippen MR) is 104 cm³/mol. The van der Waals surface area contributed by atoms with Gasteiger partial charge in [-0.05, 0) is 11.6 Å². The molecular formula is C20H21N5O2. The van der Waals surface area contributed by atoms with Crippen molar-refractivity contribution >= 4 is 22.5 Å². The summed E-state index contributed by atoms with van der Waals surface area (Å²) in [7, 11) is 3.69. The van der Waals surface area contributed by atoms with Crippen LogP contribution >= 0.6 is 0 Å². The van der Waals surface area contributed by atoms with Gasteiger partial charge in [-0.2, -0.15) is 5.10 Å².